The first kappa shape index (κ1) is 30.7. The summed E-state index contributed by atoms with van der Waals surface area (Å²) in [6.07, 6.45) is 15.8. The molecule has 0 saturated heterocycles. The smallest absolute Gasteiger partial charge is 0.744 e. The van der Waals surface area contributed by atoms with Gasteiger partial charge in [-0.05, 0) is 97.1 Å². The zero-order chi connectivity index (χ0) is 28.3. The van der Waals surface area contributed by atoms with Crippen LogP contribution in [-0.2, 0) is 15.7 Å². The zero-order valence-electron chi connectivity index (χ0n) is 23.0. The first-order chi connectivity index (χ1) is 19.1. The van der Waals surface area contributed by atoms with Gasteiger partial charge in [-0.25, -0.2) is 13.4 Å². The van der Waals surface area contributed by atoms with Crippen molar-refractivity contribution in [3.8, 4) is 0 Å². The van der Waals surface area contributed by atoms with Crippen LogP contribution in [0, 0.1) is 12.8 Å². The van der Waals surface area contributed by atoms with Crippen molar-refractivity contribution in [2.45, 2.75) is 30.3 Å². The van der Waals surface area contributed by atoms with Crippen LogP contribution in [0.3, 0.4) is 0 Å². The van der Waals surface area contributed by atoms with E-state index in [1.807, 2.05) is 73.7 Å². The monoisotopic (exact) mass is 575 g/mol. The van der Waals surface area contributed by atoms with E-state index in [2.05, 4.69) is 28.5 Å². The molecule has 1 unspecified atom stereocenters. The fraction of sp³-hybridized carbons (Fsp3) is 0.156. The molecule has 3 aromatic rings. The minimum atomic E-state index is -4.52. The molecule has 2 aliphatic rings. The van der Waals surface area contributed by atoms with Gasteiger partial charge in [0.2, 0.25) is 0 Å². The Morgan fingerprint density at radius 2 is 1.61 bits per heavy atom. The first-order valence-corrected chi connectivity index (χ1v) is 14.4. The molecule has 0 fully saturated rings. The average molecular weight is 576 g/mol. The normalized spacial score (nSPS) is 17.8. The van der Waals surface area contributed by atoms with Gasteiger partial charge in [-0.2, -0.15) is 0 Å². The van der Waals surface area contributed by atoms with Crippen LogP contribution in [0.25, 0.3) is 0 Å². The van der Waals surface area contributed by atoms with E-state index in [0.29, 0.717) is 22.6 Å². The summed E-state index contributed by atoms with van der Waals surface area (Å²) in [4.78, 5) is 4.22. The number of aliphatic imine (C=N–C) groups is 1. The molecule has 0 spiro atoms. The number of hydrogen-bond donors (Lipinski definition) is 3. The third-order valence-corrected chi connectivity index (χ3v) is 7.98. The number of hydrogen-bond acceptors (Lipinski definition) is 7. The Kier molecular flexibility index (Phi) is 9.54. The molecule has 204 valence electrons. The van der Waals surface area contributed by atoms with E-state index in [9.17, 15) is 18.1 Å². The zero-order valence-corrected chi connectivity index (χ0v) is 25.8. The standard InChI is InChI=1S/C32H31N3O4S.Na/c1-22-21-25(11-20-31(22)33)32(36,23-7-12-27(13-8-23)34-26-5-3-2-4-6-26)24-9-14-28(15-10-24)35-29-16-18-30(19-17-29)40(37,38)39;/h3,5-21,24,34,36H,2,4,33H2,1H3,(H,37,38,39);/q;+1/p-1. The number of aliphatic hydroxyl groups is 1. The molecule has 0 bridgehead atoms. The van der Waals surface area contributed by atoms with Gasteiger partial charge in [0.1, 0.15) is 15.7 Å². The largest absolute Gasteiger partial charge is 1.00 e. The minimum absolute atomic E-state index is 0. The number of anilines is 2. The summed E-state index contributed by atoms with van der Waals surface area (Å²) in [5.41, 5.74) is 10.8. The second-order valence-electron chi connectivity index (χ2n) is 9.91. The summed E-state index contributed by atoms with van der Waals surface area (Å²) >= 11 is 0. The van der Waals surface area contributed by atoms with Crippen molar-refractivity contribution >= 4 is 32.9 Å². The van der Waals surface area contributed by atoms with E-state index in [0.717, 1.165) is 35.4 Å². The number of nitrogens with zero attached hydrogens (tertiary/aromatic N) is 1. The SMILES string of the molecule is Cc1cc(C(O)(c2ccc(NC3=CCCC=C3)cc2)C2C=CC(=Nc3ccc(S(=O)(=O)[O-])cc3)C=C2)ccc1N.[Na+]. The molecule has 0 aliphatic heterocycles. The topological polar surface area (TPSA) is 128 Å². The summed E-state index contributed by atoms with van der Waals surface area (Å²) in [7, 11) is -4.52. The van der Waals surface area contributed by atoms with Gasteiger partial charge in [0, 0.05) is 23.0 Å². The Morgan fingerprint density at radius 1 is 0.951 bits per heavy atom. The Bertz CT molecular complexity index is 1660. The molecule has 1 atom stereocenters. The number of aryl methyl sites for hydroxylation is 1. The summed E-state index contributed by atoms with van der Waals surface area (Å²) in [6, 6.07) is 18.8. The molecule has 0 heterocycles. The number of rotatable bonds is 7. The van der Waals surface area contributed by atoms with Crippen molar-refractivity contribution < 1.29 is 47.6 Å². The van der Waals surface area contributed by atoms with Gasteiger partial charge < -0.3 is 20.7 Å². The predicted octanol–water partition coefficient (Wildman–Crippen LogP) is 2.88. The molecule has 7 nitrogen and oxygen atoms in total. The van der Waals surface area contributed by atoms with E-state index in [4.69, 9.17) is 5.73 Å². The van der Waals surface area contributed by atoms with Gasteiger partial charge >= 0.3 is 29.6 Å². The van der Waals surface area contributed by atoms with Crippen molar-refractivity contribution in [1.82, 2.24) is 0 Å². The third kappa shape index (κ3) is 6.98. The number of allylic oxidation sites excluding steroid dienone is 5. The van der Waals surface area contributed by atoms with E-state index < -0.39 is 21.6 Å². The van der Waals surface area contributed by atoms with Crippen molar-refractivity contribution in [3.63, 3.8) is 0 Å². The van der Waals surface area contributed by atoms with Gasteiger partial charge in [0.25, 0.3) is 0 Å². The van der Waals surface area contributed by atoms with Crippen molar-refractivity contribution in [2.75, 3.05) is 11.1 Å². The van der Waals surface area contributed by atoms with Gasteiger partial charge in [0.15, 0.2) is 0 Å². The maximum Gasteiger partial charge on any atom is 1.00 e. The van der Waals surface area contributed by atoms with Crippen molar-refractivity contribution in [2.24, 2.45) is 10.9 Å². The van der Waals surface area contributed by atoms with E-state index >= 15 is 0 Å². The molecular formula is C32H30N3NaO4S. The first-order valence-electron chi connectivity index (χ1n) is 13.0. The molecule has 4 N–H and O–H groups in total. The Balaban J connectivity index is 0.00000387. The van der Waals surface area contributed by atoms with Crippen molar-refractivity contribution in [3.05, 3.63) is 132 Å². The molecule has 0 radical (unpaired) electrons. The number of benzene rings is 3. The predicted molar refractivity (Wildman–Crippen MR) is 158 cm³/mol. The van der Waals surface area contributed by atoms with Crippen LogP contribution in [0.1, 0.15) is 29.5 Å². The fourth-order valence-corrected chi connectivity index (χ4v) is 5.33. The molecule has 5 rings (SSSR count). The van der Waals surface area contributed by atoms with Crippen LogP contribution in [0.5, 0.6) is 0 Å². The van der Waals surface area contributed by atoms with Crippen LogP contribution in [-0.4, -0.2) is 23.8 Å². The van der Waals surface area contributed by atoms with E-state index in [-0.39, 0.29) is 34.5 Å². The molecule has 41 heavy (non-hydrogen) atoms. The quantitative estimate of drug-likeness (QED) is 0.226. The molecule has 9 heteroatoms. The van der Waals surface area contributed by atoms with Crippen LogP contribution in [0.4, 0.5) is 17.1 Å². The molecule has 3 aromatic carbocycles. The number of nitrogen functional groups attached to an aromatic ring is 1. The van der Waals surface area contributed by atoms with Crippen molar-refractivity contribution in [1.29, 1.82) is 0 Å². The summed E-state index contributed by atoms with van der Waals surface area (Å²) in [6.45, 7) is 1.92. The summed E-state index contributed by atoms with van der Waals surface area (Å²) < 4.78 is 33.6. The Hall–Kier alpha value is -3.24. The van der Waals surface area contributed by atoms with E-state index in [1.165, 1.54) is 24.3 Å². The molecular weight excluding hydrogens is 545 g/mol. The maximum absolute atomic E-state index is 12.4. The Morgan fingerprint density at radius 3 is 2.20 bits per heavy atom. The van der Waals surface area contributed by atoms with Gasteiger partial charge in [-0.3, -0.25) is 0 Å². The molecule has 0 amide bonds. The fourth-order valence-electron chi connectivity index (χ4n) is 4.86. The van der Waals surface area contributed by atoms with Gasteiger partial charge in [-0.15, -0.1) is 0 Å². The van der Waals surface area contributed by atoms with Gasteiger partial charge in [-0.1, -0.05) is 48.6 Å². The van der Waals surface area contributed by atoms with Crippen LogP contribution < -0.4 is 40.6 Å². The third-order valence-electron chi connectivity index (χ3n) is 7.13. The van der Waals surface area contributed by atoms with Crippen LogP contribution >= 0.6 is 0 Å². The molecule has 0 saturated carbocycles. The second kappa shape index (κ2) is 12.7. The Labute approximate surface area is 263 Å². The van der Waals surface area contributed by atoms with Gasteiger partial charge in [0.05, 0.1) is 16.3 Å². The summed E-state index contributed by atoms with van der Waals surface area (Å²) in [5, 5.41) is 15.8. The summed E-state index contributed by atoms with van der Waals surface area (Å²) in [5.74, 6) is -0.412. The minimum Gasteiger partial charge on any atom is -0.744 e. The van der Waals surface area contributed by atoms with Crippen LogP contribution in [0.2, 0.25) is 0 Å². The van der Waals surface area contributed by atoms with Crippen LogP contribution in [0.15, 0.2) is 125 Å². The number of nitrogens with one attached hydrogen (secondary N) is 1. The molecule has 0 aromatic heterocycles. The average Bonchev–Trinajstić information content (AvgIpc) is 2.95. The number of nitrogens with two attached hydrogens (primary N) is 1. The van der Waals surface area contributed by atoms with E-state index in [1.54, 1.807) is 0 Å². The molecule has 2 aliphatic carbocycles. The second-order valence-corrected chi connectivity index (χ2v) is 11.3. The maximum atomic E-state index is 12.4.